The molecule has 0 aromatic heterocycles. The molecule has 0 N–H and O–H groups in total. The van der Waals surface area contributed by atoms with Crippen LogP contribution < -0.4 is 4.74 Å². The third-order valence-corrected chi connectivity index (χ3v) is 3.85. The highest BCUT2D eigenvalue weighted by atomic mass is 19.3. The van der Waals surface area contributed by atoms with E-state index in [1.807, 2.05) is 0 Å². The summed E-state index contributed by atoms with van der Waals surface area (Å²) >= 11 is 0. The Morgan fingerprint density at radius 1 is 0.840 bits per heavy atom. The zero-order valence-corrected chi connectivity index (χ0v) is 12.8. The molecule has 0 amide bonds. The molecule has 0 saturated carbocycles. The number of hydrogen-bond acceptors (Lipinski definition) is 2. The standard InChI is InChI=1S/C18H11F5O2/c1-10(24)11-2-4-12(5-3-11)13-6-8-14(9-7-13)25-16-15(19)17(20,21)18(16,22)23/h2-9H,1H3. The average Bonchev–Trinajstić information content (AvgIpc) is 2.59. The fourth-order valence-electron chi connectivity index (χ4n) is 2.34. The van der Waals surface area contributed by atoms with Crippen LogP contribution in [0.4, 0.5) is 22.0 Å². The number of halogens is 5. The van der Waals surface area contributed by atoms with Gasteiger partial charge in [-0.2, -0.15) is 17.6 Å². The topological polar surface area (TPSA) is 26.3 Å². The van der Waals surface area contributed by atoms with Crippen molar-refractivity contribution in [2.75, 3.05) is 0 Å². The maximum absolute atomic E-state index is 13.2. The Balaban J connectivity index is 1.80. The molecule has 2 aromatic carbocycles. The van der Waals surface area contributed by atoms with E-state index >= 15 is 0 Å². The molecule has 0 spiro atoms. The second-order valence-electron chi connectivity index (χ2n) is 5.55. The summed E-state index contributed by atoms with van der Waals surface area (Å²) in [6.07, 6.45) is 0. The van der Waals surface area contributed by atoms with Crippen LogP contribution in [0.5, 0.6) is 5.75 Å². The van der Waals surface area contributed by atoms with Crippen LogP contribution in [-0.2, 0) is 0 Å². The third-order valence-electron chi connectivity index (χ3n) is 3.85. The van der Waals surface area contributed by atoms with Crippen molar-refractivity contribution < 1.29 is 31.5 Å². The number of alkyl halides is 4. The number of carbonyl (C=O) groups excluding carboxylic acids is 1. The molecule has 1 aliphatic rings. The highest BCUT2D eigenvalue weighted by Crippen LogP contribution is 2.56. The molecule has 0 bridgehead atoms. The SMILES string of the molecule is CC(=O)c1ccc(-c2ccc(OC3=C(F)C(F)(F)C3(F)F)cc2)cc1. The van der Waals surface area contributed by atoms with Gasteiger partial charge in [0.1, 0.15) is 5.75 Å². The van der Waals surface area contributed by atoms with Gasteiger partial charge in [0.25, 0.3) is 0 Å². The van der Waals surface area contributed by atoms with Crippen LogP contribution in [0.25, 0.3) is 11.1 Å². The minimum atomic E-state index is -4.83. The van der Waals surface area contributed by atoms with Gasteiger partial charge in [-0.1, -0.05) is 36.4 Å². The Kier molecular flexibility index (Phi) is 3.89. The van der Waals surface area contributed by atoms with E-state index in [-0.39, 0.29) is 11.5 Å². The molecule has 3 rings (SSSR count). The zero-order valence-electron chi connectivity index (χ0n) is 12.8. The maximum atomic E-state index is 13.2. The summed E-state index contributed by atoms with van der Waals surface area (Å²) in [6, 6.07) is 12.2. The molecule has 0 atom stereocenters. The summed E-state index contributed by atoms with van der Waals surface area (Å²) in [5, 5.41) is 0. The number of hydrogen-bond donors (Lipinski definition) is 0. The number of Topliss-reactive ketones (excluding diaryl/α,β-unsaturated/α-hetero) is 1. The number of carbonyl (C=O) groups is 1. The third kappa shape index (κ3) is 2.69. The fourth-order valence-corrected chi connectivity index (χ4v) is 2.34. The zero-order chi connectivity index (χ0) is 18.4. The minimum Gasteiger partial charge on any atom is -0.452 e. The van der Waals surface area contributed by atoms with Crippen molar-refractivity contribution in [2.45, 2.75) is 18.8 Å². The maximum Gasteiger partial charge on any atom is 0.376 e. The molecule has 25 heavy (non-hydrogen) atoms. The van der Waals surface area contributed by atoms with Crippen molar-refractivity contribution >= 4 is 5.78 Å². The number of allylic oxidation sites excluding steroid dienone is 2. The molecule has 0 aliphatic heterocycles. The van der Waals surface area contributed by atoms with Gasteiger partial charge in [-0.05, 0) is 30.2 Å². The summed E-state index contributed by atoms with van der Waals surface area (Å²) in [5.41, 5.74) is 1.98. The lowest BCUT2D eigenvalue weighted by Gasteiger charge is -2.35. The van der Waals surface area contributed by atoms with Gasteiger partial charge in [-0.3, -0.25) is 4.79 Å². The molecule has 2 aromatic rings. The molecule has 130 valence electrons. The van der Waals surface area contributed by atoms with Gasteiger partial charge in [0.2, 0.25) is 11.6 Å². The Morgan fingerprint density at radius 2 is 1.32 bits per heavy atom. The lowest BCUT2D eigenvalue weighted by molar-refractivity contribution is -0.222. The molecular formula is C18H11F5O2. The summed E-state index contributed by atoms with van der Waals surface area (Å²) in [4.78, 5) is 11.2. The Morgan fingerprint density at radius 3 is 1.76 bits per heavy atom. The first-order chi connectivity index (χ1) is 11.6. The monoisotopic (exact) mass is 354 g/mol. The first-order valence-corrected chi connectivity index (χ1v) is 7.20. The molecule has 0 radical (unpaired) electrons. The van der Waals surface area contributed by atoms with Crippen LogP contribution in [0.2, 0.25) is 0 Å². The van der Waals surface area contributed by atoms with Crippen LogP contribution in [0, 0.1) is 0 Å². The summed E-state index contributed by atoms with van der Waals surface area (Å²) < 4.78 is 69.5. The van der Waals surface area contributed by atoms with E-state index in [1.165, 1.54) is 31.2 Å². The van der Waals surface area contributed by atoms with Gasteiger partial charge in [0.05, 0.1) is 0 Å². The van der Waals surface area contributed by atoms with Crippen LogP contribution in [-0.4, -0.2) is 17.6 Å². The number of ketones is 1. The number of rotatable bonds is 4. The van der Waals surface area contributed by atoms with E-state index in [4.69, 9.17) is 0 Å². The van der Waals surface area contributed by atoms with Crippen molar-refractivity contribution in [1.82, 2.24) is 0 Å². The molecule has 0 fully saturated rings. The van der Waals surface area contributed by atoms with Gasteiger partial charge in [0, 0.05) is 5.56 Å². The quantitative estimate of drug-likeness (QED) is 0.543. The van der Waals surface area contributed by atoms with Crippen molar-refractivity contribution in [3.63, 3.8) is 0 Å². The highest BCUT2D eigenvalue weighted by molar-refractivity contribution is 5.94. The van der Waals surface area contributed by atoms with Crippen molar-refractivity contribution in [3.8, 4) is 16.9 Å². The van der Waals surface area contributed by atoms with Crippen molar-refractivity contribution in [1.29, 1.82) is 0 Å². The van der Waals surface area contributed by atoms with E-state index in [0.717, 1.165) is 5.56 Å². The highest BCUT2D eigenvalue weighted by Gasteiger charge is 2.75. The van der Waals surface area contributed by atoms with E-state index in [9.17, 15) is 26.7 Å². The predicted molar refractivity (Wildman–Crippen MR) is 80.5 cm³/mol. The molecule has 0 unspecified atom stereocenters. The van der Waals surface area contributed by atoms with Crippen LogP contribution in [0.3, 0.4) is 0 Å². The molecule has 1 aliphatic carbocycles. The smallest absolute Gasteiger partial charge is 0.376 e. The predicted octanol–water partition coefficient (Wildman–Crippen LogP) is 5.40. The number of benzene rings is 2. The van der Waals surface area contributed by atoms with E-state index in [2.05, 4.69) is 4.74 Å². The van der Waals surface area contributed by atoms with Gasteiger partial charge in [0.15, 0.2) is 5.78 Å². The average molecular weight is 354 g/mol. The Bertz CT molecular complexity index is 852. The Labute approximate surface area is 139 Å². The normalized spacial score (nSPS) is 17.8. The van der Waals surface area contributed by atoms with Crippen molar-refractivity contribution in [3.05, 3.63) is 65.7 Å². The fraction of sp³-hybridized carbons (Fsp3) is 0.167. The van der Waals surface area contributed by atoms with Crippen LogP contribution in [0.1, 0.15) is 17.3 Å². The second kappa shape index (κ2) is 5.68. The van der Waals surface area contributed by atoms with Crippen molar-refractivity contribution in [2.24, 2.45) is 0 Å². The van der Waals surface area contributed by atoms with Crippen LogP contribution >= 0.6 is 0 Å². The second-order valence-corrected chi connectivity index (χ2v) is 5.55. The molecule has 7 heteroatoms. The molecule has 2 nitrogen and oxygen atoms in total. The largest absolute Gasteiger partial charge is 0.452 e. The molecule has 0 saturated heterocycles. The summed E-state index contributed by atoms with van der Waals surface area (Å²) in [7, 11) is 0. The van der Waals surface area contributed by atoms with Gasteiger partial charge in [-0.15, -0.1) is 0 Å². The molecule has 0 heterocycles. The molecular weight excluding hydrogens is 343 g/mol. The van der Waals surface area contributed by atoms with Gasteiger partial charge >= 0.3 is 11.8 Å². The Hall–Kier alpha value is -2.70. The van der Waals surface area contributed by atoms with Crippen LogP contribution in [0.15, 0.2) is 60.1 Å². The number of ether oxygens (including phenoxy) is 1. The van der Waals surface area contributed by atoms with Gasteiger partial charge < -0.3 is 4.74 Å². The summed E-state index contributed by atoms with van der Waals surface area (Å²) in [5.74, 6) is -13.7. The van der Waals surface area contributed by atoms with E-state index in [1.54, 1.807) is 24.3 Å². The lowest BCUT2D eigenvalue weighted by Crippen LogP contribution is -2.54. The van der Waals surface area contributed by atoms with E-state index in [0.29, 0.717) is 11.1 Å². The van der Waals surface area contributed by atoms with Gasteiger partial charge in [-0.25, -0.2) is 4.39 Å². The van der Waals surface area contributed by atoms with E-state index < -0.39 is 23.4 Å². The minimum absolute atomic E-state index is 0.0798. The first kappa shape index (κ1) is 17.1. The summed E-state index contributed by atoms with van der Waals surface area (Å²) in [6.45, 7) is 1.44. The lowest BCUT2D eigenvalue weighted by atomic mass is 9.96. The first-order valence-electron chi connectivity index (χ1n) is 7.20.